The number of amides is 1. The van der Waals surface area contributed by atoms with Crippen LogP contribution in [0.5, 0.6) is 0 Å². The van der Waals surface area contributed by atoms with Gasteiger partial charge in [-0.2, -0.15) is 5.26 Å². The zero-order chi connectivity index (χ0) is 13.1. The van der Waals surface area contributed by atoms with Gasteiger partial charge in [0.15, 0.2) is 0 Å². The van der Waals surface area contributed by atoms with E-state index in [-0.39, 0.29) is 11.9 Å². The fourth-order valence-electron chi connectivity index (χ4n) is 2.15. The monoisotopic (exact) mass is 243 g/mol. The number of likely N-dealkylation sites (tertiary alicyclic amines) is 1. The fraction of sp³-hybridized carbons (Fsp3) is 0.429. The molecule has 2 atom stereocenters. The van der Waals surface area contributed by atoms with E-state index in [0.717, 1.165) is 13.0 Å². The maximum absolute atomic E-state index is 12.2. The molecule has 1 saturated heterocycles. The molecule has 2 unspecified atom stereocenters. The summed E-state index contributed by atoms with van der Waals surface area (Å²) in [5, 5.41) is 8.72. The van der Waals surface area contributed by atoms with Gasteiger partial charge in [-0.25, -0.2) is 0 Å². The lowest BCUT2D eigenvalue weighted by Gasteiger charge is -2.35. The number of nitrogens with zero attached hydrogens (tertiary/aromatic N) is 2. The smallest absolute Gasteiger partial charge is 0.253 e. The molecule has 1 heterocycles. The van der Waals surface area contributed by atoms with Crippen LogP contribution in [0.15, 0.2) is 24.3 Å². The molecule has 0 aromatic heterocycles. The van der Waals surface area contributed by atoms with E-state index >= 15 is 0 Å². The number of carbonyl (C=O) groups is 1. The van der Waals surface area contributed by atoms with Crippen LogP contribution in [-0.4, -0.2) is 29.9 Å². The Kier molecular flexibility index (Phi) is 3.63. The number of nitriles is 1. The molecule has 1 fully saturated rings. The SMILES string of the molecule is CC1CCN(C(=O)c2ccc(C#N)cc2)CC1N. The molecule has 0 bridgehead atoms. The quantitative estimate of drug-likeness (QED) is 0.809. The molecule has 2 N–H and O–H groups in total. The third kappa shape index (κ3) is 2.52. The van der Waals surface area contributed by atoms with Crippen LogP contribution in [0.4, 0.5) is 0 Å². The molecule has 1 aliphatic rings. The van der Waals surface area contributed by atoms with E-state index in [4.69, 9.17) is 11.0 Å². The lowest BCUT2D eigenvalue weighted by Crippen LogP contribution is -2.49. The van der Waals surface area contributed by atoms with Crippen LogP contribution in [0, 0.1) is 17.2 Å². The summed E-state index contributed by atoms with van der Waals surface area (Å²) >= 11 is 0. The van der Waals surface area contributed by atoms with Gasteiger partial charge in [-0.15, -0.1) is 0 Å². The Labute approximate surface area is 107 Å². The van der Waals surface area contributed by atoms with Gasteiger partial charge in [0.05, 0.1) is 11.6 Å². The van der Waals surface area contributed by atoms with Gasteiger partial charge in [-0.1, -0.05) is 6.92 Å². The van der Waals surface area contributed by atoms with Gasteiger partial charge in [0.2, 0.25) is 0 Å². The van der Waals surface area contributed by atoms with Crippen molar-refractivity contribution in [3.05, 3.63) is 35.4 Å². The fourth-order valence-corrected chi connectivity index (χ4v) is 2.15. The molecule has 0 spiro atoms. The summed E-state index contributed by atoms with van der Waals surface area (Å²) < 4.78 is 0. The maximum Gasteiger partial charge on any atom is 0.253 e. The number of nitrogens with two attached hydrogens (primary N) is 1. The number of carbonyl (C=O) groups excluding carboxylic acids is 1. The van der Waals surface area contributed by atoms with Crippen molar-refractivity contribution < 1.29 is 4.79 Å². The molecule has 4 heteroatoms. The molecule has 4 nitrogen and oxygen atoms in total. The molecule has 18 heavy (non-hydrogen) atoms. The summed E-state index contributed by atoms with van der Waals surface area (Å²) in [5.74, 6) is 0.469. The van der Waals surface area contributed by atoms with Gasteiger partial charge in [0.1, 0.15) is 0 Å². The molecule has 2 rings (SSSR count). The van der Waals surface area contributed by atoms with Crippen molar-refractivity contribution in [1.82, 2.24) is 4.90 Å². The lowest BCUT2D eigenvalue weighted by atomic mass is 9.94. The zero-order valence-electron chi connectivity index (χ0n) is 10.5. The predicted octanol–water partition coefficient (Wildman–Crippen LogP) is 1.37. The van der Waals surface area contributed by atoms with Crippen LogP contribution in [0.3, 0.4) is 0 Å². The Bertz CT molecular complexity index is 475. The Hall–Kier alpha value is -1.86. The number of benzene rings is 1. The van der Waals surface area contributed by atoms with Gasteiger partial charge in [0.25, 0.3) is 5.91 Å². The average molecular weight is 243 g/mol. The molecule has 0 saturated carbocycles. The molecular formula is C14H17N3O. The van der Waals surface area contributed by atoms with E-state index in [1.807, 2.05) is 6.07 Å². The van der Waals surface area contributed by atoms with Crippen molar-refractivity contribution in [3.8, 4) is 6.07 Å². The van der Waals surface area contributed by atoms with Crippen molar-refractivity contribution in [2.75, 3.05) is 13.1 Å². The minimum absolute atomic E-state index is 0.00170. The molecule has 1 aromatic rings. The Morgan fingerprint density at radius 2 is 2.11 bits per heavy atom. The van der Waals surface area contributed by atoms with Crippen molar-refractivity contribution >= 4 is 5.91 Å². The van der Waals surface area contributed by atoms with E-state index in [1.54, 1.807) is 29.2 Å². The average Bonchev–Trinajstić information content (AvgIpc) is 2.41. The molecule has 94 valence electrons. The van der Waals surface area contributed by atoms with E-state index in [1.165, 1.54) is 0 Å². The van der Waals surface area contributed by atoms with E-state index in [9.17, 15) is 4.79 Å². The van der Waals surface area contributed by atoms with E-state index in [0.29, 0.717) is 23.6 Å². The number of piperidine rings is 1. The Morgan fingerprint density at radius 3 is 2.67 bits per heavy atom. The van der Waals surface area contributed by atoms with Crippen LogP contribution in [0.25, 0.3) is 0 Å². The first kappa shape index (κ1) is 12.6. The molecule has 0 aliphatic carbocycles. The Morgan fingerprint density at radius 1 is 1.44 bits per heavy atom. The predicted molar refractivity (Wildman–Crippen MR) is 68.8 cm³/mol. The van der Waals surface area contributed by atoms with Crippen LogP contribution in [0.1, 0.15) is 29.3 Å². The number of rotatable bonds is 1. The molecule has 0 radical (unpaired) electrons. The normalized spacial score (nSPS) is 23.5. The highest BCUT2D eigenvalue weighted by Gasteiger charge is 2.26. The zero-order valence-corrected chi connectivity index (χ0v) is 10.5. The topological polar surface area (TPSA) is 70.1 Å². The third-order valence-electron chi connectivity index (χ3n) is 3.56. The molecule has 1 amide bonds. The highest BCUT2D eigenvalue weighted by atomic mass is 16.2. The van der Waals surface area contributed by atoms with E-state index < -0.39 is 0 Å². The minimum atomic E-state index is 0.00170. The van der Waals surface area contributed by atoms with Crippen LogP contribution >= 0.6 is 0 Å². The lowest BCUT2D eigenvalue weighted by molar-refractivity contribution is 0.0672. The molecular weight excluding hydrogens is 226 g/mol. The van der Waals surface area contributed by atoms with Crippen molar-refractivity contribution in [2.45, 2.75) is 19.4 Å². The Balaban J connectivity index is 2.09. The first-order valence-electron chi connectivity index (χ1n) is 6.17. The van der Waals surface area contributed by atoms with Gasteiger partial charge in [-0.3, -0.25) is 4.79 Å². The van der Waals surface area contributed by atoms with Gasteiger partial charge < -0.3 is 10.6 Å². The van der Waals surface area contributed by atoms with Crippen molar-refractivity contribution in [2.24, 2.45) is 11.7 Å². The van der Waals surface area contributed by atoms with E-state index in [2.05, 4.69) is 6.92 Å². The third-order valence-corrected chi connectivity index (χ3v) is 3.56. The van der Waals surface area contributed by atoms with Crippen LogP contribution in [0.2, 0.25) is 0 Å². The standard InChI is InChI=1S/C14H17N3O/c1-10-6-7-17(9-13(10)16)14(18)12-4-2-11(8-15)3-5-12/h2-5,10,13H,6-7,9,16H2,1H3. The second kappa shape index (κ2) is 5.19. The summed E-state index contributed by atoms with van der Waals surface area (Å²) in [6, 6.07) is 8.83. The summed E-state index contributed by atoms with van der Waals surface area (Å²) in [6.45, 7) is 3.49. The van der Waals surface area contributed by atoms with Gasteiger partial charge in [0, 0.05) is 24.7 Å². The first-order chi connectivity index (χ1) is 8.61. The second-order valence-electron chi connectivity index (χ2n) is 4.87. The van der Waals surface area contributed by atoms with Gasteiger partial charge >= 0.3 is 0 Å². The van der Waals surface area contributed by atoms with Gasteiger partial charge in [-0.05, 0) is 36.6 Å². The van der Waals surface area contributed by atoms with Crippen molar-refractivity contribution in [1.29, 1.82) is 5.26 Å². The second-order valence-corrected chi connectivity index (χ2v) is 4.87. The summed E-state index contributed by atoms with van der Waals surface area (Å²) in [6.07, 6.45) is 0.948. The van der Waals surface area contributed by atoms with Crippen LogP contribution < -0.4 is 5.73 Å². The highest BCUT2D eigenvalue weighted by molar-refractivity contribution is 5.94. The van der Waals surface area contributed by atoms with Crippen LogP contribution in [-0.2, 0) is 0 Å². The summed E-state index contributed by atoms with van der Waals surface area (Å²) in [4.78, 5) is 14.0. The number of hydrogen-bond donors (Lipinski definition) is 1. The minimum Gasteiger partial charge on any atom is -0.337 e. The molecule has 1 aliphatic heterocycles. The van der Waals surface area contributed by atoms with Crippen molar-refractivity contribution in [3.63, 3.8) is 0 Å². The summed E-state index contributed by atoms with van der Waals surface area (Å²) in [5.41, 5.74) is 7.18. The molecule has 1 aromatic carbocycles. The highest BCUT2D eigenvalue weighted by Crippen LogP contribution is 2.17. The largest absolute Gasteiger partial charge is 0.337 e. The first-order valence-corrected chi connectivity index (χ1v) is 6.17. The maximum atomic E-state index is 12.2. The number of hydrogen-bond acceptors (Lipinski definition) is 3. The summed E-state index contributed by atoms with van der Waals surface area (Å²) in [7, 11) is 0.